The Labute approximate surface area is 163 Å². The number of halogens is 1. The highest BCUT2D eigenvalue weighted by molar-refractivity contribution is 9.10. The van der Waals surface area contributed by atoms with Crippen molar-refractivity contribution in [3.8, 4) is 5.75 Å². The maximum Gasteiger partial charge on any atom is 0.514 e. The van der Waals surface area contributed by atoms with Crippen molar-refractivity contribution in [1.82, 2.24) is 4.72 Å². The van der Waals surface area contributed by atoms with Gasteiger partial charge in [-0.2, -0.15) is 4.79 Å². The van der Waals surface area contributed by atoms with Crippen molar-refractivity contribution in [2.24, 2.45) is 0 Å². The zero-order valence-corrected chi connectivity index (χ0v) is 18.0. The molecule has 0 aromatic heterocycles. The number of carboxylic acid groups (broad SMARTS) is 1. The Morgan fingerprint density at radius 3 is 2.46 bits per heavy atom. The quantitative estimate of drug-likeness (QED) is 0.688. The first-order valence-corrected chi connectivity index (χ1v) is 10.6. The molecule has 2 N–H and O–H groups in total. The lowest BCUT2D eigenvalue weighted by Crippen LogP contribution is -2.65. The first-order valence-electron chi connectivity index (χ1n) is 8.32. The van der Waals surface area contributed by atoms with E-state index in [-0.39, 0.29) is 27.7 Å². The Morgan fingerprint density at radius 1 is 1.38 bits per heavy atom. The molecule has 1 aromatic carbocycles. The van der Waals surface area contributed by atoms with E-state index in [9.17, 15) is 18.3 Å². The van der Waals surface area contributed by atoms with Crippen LogP contribution in [0.4, 0.5) is 4.79 Å². The number of rotatable bonds is 4. The number of nitrogens with zero attached hydrogens (tertiary/aromatic N) is 1. The Morgan fingerprint density at radius 2 is 2.00 bits per heavy atom. The number of hydrogen-bond donors (Lipinski definition) is 2. The summed E-state index contributed by atoms with van der Waals surface area (Å²) in [5.41, 5.74) is -0.557. The second kappa shape index (κ2) is 7.10. The van der Waals surface area contributed by atoms with Gasteiger partial charge in [0.1, 0.15) is 22.7 Å². The Bertz CT molecular complexity index is 806. The Hall–Kier alpha value is -1.16. The van der Waals surface area contributed by atoms with Gasteiger partial charge in [-0.15, -0.1) is 0 Å². The topological polar surface area (TPSA) is 92.7 Å². The van der Waals surface area contributed by atoms with Gasteiger partial charge < -0.3 is 9.84 Å². The van der Waals surface area contributed by atoms with E-state index in [2.05, 4.69) is 20.7 Å². The number of carbonyl (C=O) groups is 1. The van der Waals surface area contributed by atoms with Crippen LogP contribution in [0, 0.1) is 0 Å². The number of methoxy groups -OCH3 is 1. The van der Waals surface area contributed by atoms with Gasteiger partial charge in [-0.25, -0.2) is 17.6 Å². The van der Waals surface area contributed by atoms with Gasteiger partial charge in [0.15, 0.2) is 0 Å². The predicted octanol–water partition coefficient (Wildman–Crippen LogP) is 3.19. The number of amides is 1. The first kappa shape index (κ1) is 21.1. The van der Waals surface area contributed by atoms with Gasteiger partial charge in [0, 0.05) is 10.9 Å². The van der Waals surface area contributed by atoms with Gasteiger partial charge in [0.25, 0.3) is 0 Å². The lowest BCUT2D eigenvalue weighted by molar-refractivity contribution is -0.913. The maximum atomic E-state index is 12.9. The summed E-state index contributed by atoms with van der Waals surface area (Å²) in [6.45, 7) is 7.65. The van der Waals surface area contributed by atoms with E-state index in [1.165, 1.54) is 13.2 Å². The molecule has 1 heterocycles. The molecule has 1 unspecified atom stereocenters. The highest BCUT2D eigenvalue weighted by atomic mass is 79.9. The van der Waals surface area contributed by atoms with Crippen LogP contribution in [0.1, 0.15) is 34.1 Å². The van der Waals surface area contributed by atoms with Crippen molar-refractivity contribution < 1.29 is 27.5 Å². The molecule has 0 aliphatic carbocycles. The third-order valence-electron chi connectivity index (χ3n) is 5.16. The van der Waals surface area contributed by atoms with Gasteiger partial charge in [0.2, 0.25) is 10.0 Å². The molecule has 7 nitrogen and oxygen atoms in total. The van der Waals surface area contributed by atoms with Crippen LogP contribution in [0.3, 0.4) is 0 Å². The second-order valence-electron chi connectivity index (χ2n) is 7.70. The van der Waals surface area contributed by atoms with Gasteiger partial charge in [0.05, 0.1) is 19.2 Å². The van der Waals surface area contributed by atoms with Crippen molar-refractivity contribution in [3.63, 3.8) is 0 Å². The minimum atomic E-state index is -3.86. The van der Waals surface area contributed by atoms with E-state index >= 15 is 0 Å². The molecule has 0 saturated carbocycles. The van der Waals surface area contributed by atoms with Crippen molar-refractivity contribution in [2.45, 2.75) is 56.6 Å². The summed E-state index contributed by atoms with van der Waals surface area (Å²) in [4.78, 5) is 12.1. The molecule has 146 valence electrons. The van der Waals surface area contributed by atoms with Crippen LogP contribution < -0.4 is 9.46 Å². The fourth-order valence-electron chi connectivity index (χ4n) is 3.91. The minimum absolute atomic E-state index is 0.0260. The van der Waals surface area contributed by atoms with Crippen LogP contribution in [0.25, 0.3) is 0 Å². The van der Waals surface area contributed by atoms with E-state index in [0.717, 1.165) is 0 Å². The van der Waals surface area contributed by atoms with Gasteiger partial charge in [-0.05, 0) is 45.9 Å². The number of nitrogens with one attached hydrogen (secondary N) is 1. The number of likely N-dealkylation sites (tertiary alicyclic amines) is 1. The second-order valence-corrected chi connectivity index (χ2v) is 10.3. The summed E-state index contributed by atoms with van der Waals surface area (Å²) < 4.78 is 34.1. The van der Waals surface area contributed by atoms with Gasteiger partial charge in [-0.3, -0.25) is 0 Å². The van der Waals surface area contributed by atoms with Crippen LogP contribution in [0.5, 0.6) is 5.75 Å². The summed E-state index contributed by atoms with van der Waals surface area (Å²) in [6, 6.07) is 4.05. The van der Waals surface area contributed by atoms with E-state index < -0.39 is 27.7 Å². The molecule has 26 heavy (non-hydrogen) atoms. The summed E-state index contributed by atoms with van der Waals surface area (Å²) in [5.74, 6) is 0.238. The zero-order chi connectivity index (χ0) is 19.9. The van der Waals surface area contributed by atoms with Crippen LogP contribution >= 0.6 is 15.9 Å². The molecule has 1 aliphatic heterocycles. The maximum absolute atomic E-state index is 12.9. The Balaban J connectivity index is 2.35. The van der Waals surface area contributed by atoms with Crippen molar-refractivity contribution in [1.29, 1.82) is 0 Å². The van der Waals surface area contributed by atoms with Crippen molar-refractivity contribution >= 4 is 32.0 Å². The molecular formula is C17H26BrN2O5S+. The van der Waals surface area contributed by atoms with Gasteiger partial charge >= 0.3 is 6.09 Å². The number of sulfonamides is 1. The molecular weight excluding hydrogens is 424 g/mol. The zero-order valence-electron chi connectivity index (χ0n) is 15.6. The third kappa shape index (κ3) is 3.62. The van der Waals surface area contributed by atoms with Crippen LogP contribution in [0.15, 0.2) is 27.6 Å². The molecule has 1 aromatic rings. The fraction of sp³-hybridized carbons (Fsp3) is 0.588. The molecule has 1 fully saturated rings. The summed E-state index contributed by atoms with van der Waals surface area (Å²) >= 11 is 3.27. The van der Waals surface area contributed by atoms with Crippen LogP contribution in [0.2, 0.25) is 0 Å². The molecule has 2 rings (SSSR count). The average Bonchev–Trinajstić information content (AvgIpc) is 2.83. The summed E-state index contributed by atoms with van der Waals surface area (Å²) in [6.07, 6.45) is -0.495. The SMILES string of the molecule is COc1ccc(Br)cc1S(=O)(=O)N[C@@H]1C[C@H](C)[N+](C(=O)O)(C(C)(C)C)C1. The highest BCUT2D eigenvalue weighted by Crippen LogP contribution is 2.38. The van der Waals surface area contributed by atoms with E-state index in [1.54, 1.807) is 12.1 Å². The number of ether oxygens (including phenoxy) is 1. The molecule has 0 radical (unpaired) electrons. The standard InChI is InChI=1S/C17H25BrN2O5S/c1-11-8-13(10-20(11,16(21)22)17(2,3)4)19-26(23,24)15-9-12(18)6-7-14(15)25-5/h6-7,9,11,13,19H,8,10H2,1-5H3/p+1/t11-,13+,20?/m0/s1. The van der Waals surface area contributed by atoms with Crippen molar-refractivity contribution in [3.05, 3.63) is 22.7 Å². The largest absolute Gasteiger partial charge is 0.514 e. The number of benzene rings is 1. The average molecular weight is 450 g/mol. The predicted molar refractivity (Wildman–Crippen MR) is 102 cm³/mol. The normalized spacial score (nSPS) is 26.7. The van der Waals surface area contributed by atoms with E-state index in [1.807, 2.05) is 27.7 Å². The lowest BCUT2D eigenvalue weighted by atomic mass is 10.0. The van der Waals surface area contributed by atoms with Crippen LogP contribution in [-0.2, 0) is 10.0 Å². The molecule has 1 aliphatic rings. The Kier molecular flexibility index (Phi) is 5.78. The highest BCUT2D eigenvalue weighted by Gasteiger charge is 2.58. The summed E-state index contributed by atoms with van der Waals surface area (Å²) in [7, 11) is -2.45. The number of quaternary nitrogens is 1. The van der Waals surface area contributed by atoms with Crippen molar-refractivity contribution in [2.75, 3.05) is 13.7 Å². The monoisotopic (exact) mass is 449 g/mol. The fourth-order valence-corrected chi connectivity index (χ4v) is 5.86. The molecule has 0 bridgehead atoms. The number of hydrogen-bond acceptors (Lipinski definition) is 4. The first-order chi connectivity index (χ1) is 11.8. The van der Waals surface area contributed by atoms with Crippen LogP contribution in [-0.4, -0.2) is 55.4 Å². The molecule has 9 heteroatoms. The minimum Gasteiger partial charge on any atom is -0.495 e. The lowest BCUT2D eigenvalue weighted by Gasteiger charge is -2.43. The van der Waals surface area contributed by atoms with E-state index in [0.29, 0.717) is 10.9 Å². The molecule has 1 saturated heterocycles. The van der Waals surface area contributed by atoms with Gasteiger partial charge in [-0.1, -0.05) is 15.9 Å². The molecule has 0 spiro atoms. The summed E-state index contributed by atoms with van der Waals surface area (Å²) in [5, 5.41) is 9.89. The smallest absolute Gasteiger partial charge is 0.495 e. The molecule has 3 atom stereocenters. The van der Waals surface area contributed by atoms with E-state index in [4.69, 9.17) is 4.74 Å². The third-order valence-corrected chi connectivity index (χ3v) is 7.20. The molecule has 1 amide bonds.